The normalized spacial score (nSPS) is 25.1. The lowest BCUT2D eigenvalue weighted by atomic mass is 9.85. The summed E-state index contributed by atoms with van der Waals surface area (Å²) < 4.78 is 50.5. The number of fused-ring (bicyclic) bond motifs is 4. The van der Waals surface area contributed by atoms with E-state index < -0.39 is 17.0 Å². The topological polar surface area (TPSA) is 69.4 Å². The number of imidazole rings is 1. The number of rotatable bonds is 4. The van der Waals surface area contributed by atoms with E-state index in [1.807, 2.05) is 6.92 Å². The maximum Gasteiger partial charge on any atom is 0.398 e. The number of nitrogens with zero attached hydrogens (tertiary/aromatic N) is 4. The van der Waals surface area contributed by atoms with E-state index in [0.717, 1.165) is 17.7 Å². The molecular weight excluding hydrogens is 485 g/mol. The third-order valence-corrected chi connectivity index (χ3v) is 8.75. The van der Waals surface area contributed by atoms with Crippen LogP contribution in [0.3, 0.4) is 0 Å². The summed E-state index contributed by atoms with van der Waals surface area (Å²) in [5.41, 5.74) is 0.154. The molecular formula is C27H25F3N4O3. The van der Waals surface area contributed by atoms with Gasteiger partial charge in [-0.15, -0.1) is 0 Å². The Bertz CT molecular complexity index is 1520. The monoisotopic (exact) mass is 510 g/mol. The van der Waals surface area contributed by atoms with Crippen molar-refractivity contribution in [2.75, 3.05) is 19.7 Å². The van der Waals surface area contributed by atoms with E-state index in [-0.39, 0.29) is 30.2 Å². The first-order valence-corrected chi connectivity index (χ1v) is 12.5. The van der Waals surface area contributed by atoms with Gasteiger partial charge in [-0.2, -0.15) is 13.2 Å². The molecule has 2 aromatic heterocycles. The second kappa shape index (κ2) is 7.26. The van der Waals surface area contributed by atoms with E-state index in [1.54, 1.807) is 52.3 Å². The zero-order valence-corrected chi connectivity index (χ0v) is 20.2. The Morgan fingerprint density at radius 1 is 1.14 bits per heavy atom. The van der Waals surface area contributed by atoms with Crippen molar-refractivity contribution >= 4 is 5.91 Å². The summed E-state index contributed by atoms with van der Waals surface area (Å²) in [6.07, 6.45) is 0.00379. The van der Waals surface area contributed by atoms with E-state index in [0.29, 0.717) is 48.9 Å². The van der Waals surface area contributed by atoms with E-state index in [2.05, 4.69) is 4.98 Å². The summed E-state index contributed by atoms with van der Waals surface area (Å²) in [5.74, 6) is 0.520. The molecule has 2 saturated carbocycles. The van der Waals surface area contributed by atoms with Gasteiger partial charge in [0.2, 0.25) is 0 Å². The van der Waals surface area contributed by atoms with Gasteiger partial charge in [-0.25, -0.2) is 4.98 Å². The number of aromatic nitrogens is 3. The Labute approximate surface area is 210 Å². The zero-order chi connectivity index (χ0) is 25.7. The number of halogens is 3. The second-order valence-electron chi connectivity index (χ2n) is 10.9. The molecule has 2 aliphatic carbocycles. The summed E-state index contributed by atoms with van der Waals surface area (Å²) in [6.45, 7) is 3.43. The van der Waals surface area contributed by atoms with Gasteiger partial charge in [0.05, 0.1) is 24.0 Å². The molecule has 10 heteroatoms. The Balaban J connectivity index is 1.20. The maximum atomic E-state index is 13.8. The fourth-order valence-corrected chi connectivity index (χ4v) is 6.30. The molecule has 7 nitrogen and oxygen atoms in total. The number of benzene rings is 1. The number of carbonyl (C=O) groups is 1. The molecule has 0 saturated heterocycles. The highest BCUT2D eigenvalue weighted by molar-refractivity contribution is 5.93. The lowest BCUT2D eigenvalue weighted by molar-refractivity contribution is -0.160. The van der Waals surface area contributed by atoms with Gasteiger partial charge in [-0.05, 0) is 49.9 Å². The first kappa shape index (κ1) is 22.6. The number of hydrogen-bond acceptors (Lipinski definition) is 4. The average molecular weight is 511 g/mol. The third kappa shape index (κ3) is 3.17. The van der Waals surface area contributed by atoms with Crippen LogP contribution in [0, 0.1) is 12.8 Å². The largest absolute Gasteiger partial charge is 0.493 e. The van der Waals surface area contributed by atoms with Crippen molar-refractivity contribution < 1.29 is 22.7 Å². The molecule has 7 rings (SSSR count). The van der Waals surface area contributed by atoms with Gasteiger partial charge in [0, 0.05) is 42.7 Å². The number of carbonyl (C=O) groups excluding carboxylic acids is 1. The lowest BCUT2D eigenvalue weighted by Crippen LogP contribution is -2.48. The molecule has 4 aliphatic rings. The summed E-state index contributed by atoms with van der Waals surface area (Å²) in [7, 11) is 0. The lowest BCUT2D eigenvalue weighted by Gasteiger charge is -2.35. The second-order valence-corrected chi connectivity index (χ2v) is 10.9. The molecule has 1 aromatic carbocycles. The van der Waals surface area contributed by atoms with Crippen LogP contribution in [0.5, 0.6) is 5.75 Å². The fraction of sp³-hybridized carbons (Fsp3) is 0.444. The van der Waals surface area contributed by atoms with Crippen molar-refractivity contribution in [3.63, 3.8) is 0 Å². The van der Waals surface area contributed by atoms with Gasteiger partial charge in [-0.3, -0.25) is 9.59 Å². The quantitative estimate of drug-likeness (QED) is 0.536. The molecule has 0 radical (unpaired) electrons. The van der Waals surface area contributed by atoms with E-state index >= 15 is 0 Å². The smallest absolute Gasteiger partial charge is 0.398 e. The van der Waals surface area contributed by atoms with Gasteiger partial charge >= 0.3 is 6.18 Å². The van der Waals surface area contributed by atoms with E-state index in [4.69, 9.17) is 4.74 Å². The van der Waals surface area contributed by atoms with Crippen LogP contribution in [0.15, 0.2) is 47.7 Å². The van der Waals surface area contributed by atoms with Gasteiger partial charge in [0.1, 0.15) is 17.1 Å². The summed E-state index contributed by atoms with van der Waals surface area (Å²) in [5, 5.41) is 0. The Morgan fingerprint density at radius 3 is 2.65 bits per heavy atom. The van der Waals surface area contributed by atoms with Crippen molar-refractivity contribution in [3.8, 4) is 11.4 Å². The highest BCUT2D eigenvalue weighted by Crippen LogP contribution is 2.63. The minimum absolute atomic E-state index is 0.101. The molecule has 0 bridgehead atoms. The standard InChI is InChI=1S/C27H25F3N4O3/c1-16-12-33(15-31-16)20-3-4-21-23(35)32(8-9-34(21)24(20)36)14-25-11-18(25)13-37-22-5-2-17(10-19(22)25)26(6-7-26)27(28,29)30/h2-5,10,12,15,18H,6-9,11,13-14H2,1H3/t18-,25?/m1/s1. The molecule has 192 valence electrons. The molecule has 3 aromatic rings. The van der Waals surface area contributed by atoms with Crippen LogP contribution in [0.1, 0.15) is 46.6 Å². The molecule has 1 amide bonds. The van der Waals surface area contributed by atoms with Gasteiger partial charge in [0.25, 0.3) is 11.5 Å². The molecule has 0 N–H and O–H groups in total. The van der Waals surface area contributed by atoms with Crippen LogP contribution in [-0.4, -0.2) is 50.8 Å². The predicted molar refractivity (Wildman–Crippen MR) is 127 cm³/mol. The van der Waals surface area contributed by atoms with Gasteiger partial charge < -0.3 is 18.8 Å². The maximum absolute atomic E-state index is 13.8. The van der Waals surface area contributed by atoms with Crippen LogP contribution in [0.2, 0.25) is 0 Å². The number of ether oxygens (including phenoxy) is 1. The van der Waals surface area contributed by atoms with Gasteiger partial charge in [0.15, 0.2) is 0 Å². The predicted octanol–water partition coefficient (Wildman–Crippen LogP) is 3.74. The SMILES string of the molecule is Cc1cn(-c2ccc3n(c2=O)CCN(CC24C[C@@H]2COc2ccc(C5(C(F)(F)F)CC5)cc24)C3=O)cn1. The van der Waals surface area contributed by atoms with Crippen molar-refractivity contribution in [3.05, 3.63) is 75.7 Å². The number of alkyl halides is 3. The third-order valence-electron chi connectivity index (χ3n) is 8.75. The van der Waals surface area contributed by atoms with Crippen LogP contribution in [-0.2, 0) is 17.4 Å². The number of hydrogen-bond donors (Lipinski definition) is 0. The Morgan fingerprint density at radius 2 is 1.95 bits per heavy atom. The first-order valence-electron chi connectivity index (χ1n) is 12.5. The summed E-state index contributed by atoms with van der Waals surface area (Å²) in [4.78, 5) is 32.6. The van der Waals surface area contributed by atoms with E-state index in [9.17, 15) is 22.8 Å². The minimum Gasteiger partial charge on any atom is -0.493 e. The molecule has 2 atom stereocenters. The summed E-state index contributed by atoms with van der Waals surface area (Å²) >= 11 is 0. The molecule has 4 heterocycles. The number of pyridine rings is 1. The zero-order valence-electron chi connectivity index (χ0n) is 20.2. The molecule has 0 spiro atoms. The first-order chi connectivity index (χ1) is 17.6. The van der Waals surface area contributed by atoms with Crippen molar-refractivity contribution in [1.29, 1.82) is 0 Å². The van der Waals surface area contributed by atoms with Gasteiger partial charge in [-0.1, -0.05) is 12.1 Å². The highest BCUT2D eigenvalue weighted by Gasteiger charge is 2.65. The molecule has 1 unspecified atom stereocenters. The van der Waals surface area contributed by atoms with Crippen molar-refractivity contribution in [1.82, 2.24) is 19.0 Å². The Kier molecular flexibility index (Phi) is 4.44. The van der Waals surface area contributed by atoms with Crippen LogP contribution >= 0.6 is 0 Å². The van der Waals surface area contributed by atoms with E-state index in [1.165, 1.54) is 4.57 Å². The van der Waals surface area contributed by atoms with Crippen LogP contribution in [0.25, 0.3) is 5.69 Å². The Hall–Kier alpha value is -3.56. The van der Waals surface area contributed by atoms with Crippen molar-refractivity contribution in [2.45, 2.75) is 49.7 Å². The fourth-order valence-electron chi connectivity index (χ4n) is 6.30. The number of amides is 1. The molecule has 2 aliphatic heterocycles. The highest BCUT2D eigenvalue weighted by atomic mass is 19.4. The van der Waals surface area contributed by atoms with Crippen LogP contribution in [0.4, 0.5) is 13.2 Å². The molecule has 37 heavy (non-hydrogen) atoms. The summed E-state index contributed by atoms with van der Waals surface area (Å²) in [6, 6.07) is 8.19. The number of aryl methyl sites for hydroxylation is 1. The molecule has 2 fully saturated rings. The van der Waals surface area contributed by atoms with Crippen molar-refractivity contribution in [2.24, 2.45) is 5.92 Å². The minimum atomic E-state index is -4.29. The average Bonchev–Trinajstić information content (AvgIpc) is 3.77. The van der Waals surface area contributed by atoms with Crippen LogP contribution < -0.4 is 10.3 Å².